The number of aliphatic hydroxyl groups is 1. The Morgan fingerprint density at radius 2 is 1.95 bits per heavy atom. The summed E-state index contributed by atoms with van der Waals surface area (Å²) in [6, 6.07) is 15.1. The third-order valence-electron chi connectivity index (χ3n) is 6.85. The smallest absolute Gasteiger partial charge is 0.331 e. The SMILES string of the molecule is Cc1cc(Cl)c(C(=O)NC2(C(=O)O)C[C@H]2NC(=O)c2cccs2)cc1CCNC(O)c1cc2ccccc2o1. The van der Waals surface area contributed by atoms with Crippen LogP contribution in [-0.2, 0) is 11.2 Å². The lowest BCUT2D eigenvalue weighted by Gasteiger charge is -2.17. The Hall–Kier alpha value is -3.70. The van der Waals surface area contributed by atoms with E-state index in [2.05, 4.69) is 16.0 Å². The molecule has 1 saturated carbocycles. The number of carboxylic acid groups (broad SMARTS) is 1. The first kappa shape index (κ1) is 26.9. The number of aryl methyl sites for hydroxylation is 1. The molecule has 11 heteroatoms. The van der Waals surface area contributed by atoms with Crippen molar-refractivity contribution in [3.8, 4) is 0 Å². The molecule has 5 rings (SSSR count). The number of amides is 2. The van der Waals surface area contributed by atoms with E-state index >= 15 is 0 Å². The van der Waals surface area contributed by atoms with E-state index in [0.717, 1.165) is 16.5 Å². The topological polar surface area (TPSA) is 141 Å². The Morgan fingerprint density at radius 1 is 1.15 bits per heavy atom. The number of halogens is 1. The van der Waals surface area contributed by atoms with Crippen molar-refractivity contribution in [2.75, 3.05) is 6.54 Å². The lowest BCUT2D eigenvalue weighted by Crippen LogP contribution is -2.49. The third-order valence-corrected chi connectivity index (χ3v) is 8.03. The molecule has 2 aromatic heterocycles. The molecular weight excluding hydrogens is 542 g/mol. The van der Waals surface area contributed by atoms with Gasteiger partial charge in [0.1, 0.15) is 11.3 Å². The van der Waals surface area contributed by atoms with Crippen molar-refractivity contribution in [1.82, 2.24) is 16.0 Å². The molecule has 1 aliphatic rings. The number of carbonyl (C=O) groups excluding carboxylic acids is 2. The van der Waals surface area contributed by atoms with Crippen LogP contribution in [0.2, 0.25) is 5.02 Å². The van der Waals surface area contributed by atoms with Crippen LogP contribution >= 0.6 is 22.9 Å². The van der Waals surface area contributed by atoms with Gasteiger partial charge < -0.3 is 25.3 Å². The van der Waals surface area contributed by atoms with Gasteiger partial charge in [0.2, 0.25) is 0 Å². The second-order valence-corrected chi connectivity index (χ2v) is 10.8. The van der Waals surface area contributed by atoms with Gasteiger partial charge in [0, 0.05) is 18.4 Å². The molecule has 9 nitrogen and oxygen atoms in total. The average molecular weight is 568 g/mol. The van der Waals surface area contributed by atoms with Gasteiger partial charge in [0.05, 0.1) is 21.5 Å². The predicted octanol–water partition coefficient (Wildman–Crippen LogP) is 4.03. The molecule has 202 valence electrons. The molecular formula is C28H26ClN3O6S. The molecule has 4 aromatic rings. The Kier molecular flexibility index (Phi) is 7.46. The summed E-state index contributed by atoms with van der Waals surface area (Å²) in [6.45, 7) is 2.23. The zero-order chi connectivity index (χ0) is 27.7. The minimum atomic E-state index is -1.61. The Bertz CT molecular complexity index is 1520. The molecule has 0 radical (unpaired) electrons. The Balaban J connectivity index is 1.23. The second kappa shape index (κ2) is 10.8. The van der Waals surface area contributed by atoms with Gasteiger partial charge in [-0.2, -0.15) is 0 Å². The van der Waals surface area contributed by atoms with E-state index in [1.54, 1.807) is 35.7 Å². The second-order valence-electron chi connectivity index (χ2n) is 9.49. The van der Waals surface area contributed by atoms with E-state index < -0.39 is 29.7 Å². The number of hydrogen-bond donors (Lipinski definition) is 5. The molecule has 0 bridgehead atoms. The van der Waals surface area contributed by atoms with Gasteiger partial charge in [-0.1, -0.05) is 35.9 Å². The number of nitrogens with one attached hydrogen (secondary N) is 3. The van der Waals surface area contributed by atoms with Crippen LogP contribution in [0.15, 0.2) is 64.4 Å². The molecule has 1 aliphatic carbocycles. The fourth-order valence-corrected chi connectivity index (χ4v) is 5.45. The third kappa shape index (κ3) is 5.55. The monoisotopic (exact) mass is 567 g/mol. The summed E-state index contributed by atoms with van der Waals surface area (Å²) < 4.78 is 5.69. The van der Waals surface area contributed by atoms with Crippen molar-refractivity contribution >= 4 is 51.7 Å². The molecule has 1 fully saturated rings. The fraction of sp³-hybridized carbons (Fsp3) is 0.250. The quantitative estimate of drug-likeness (QED) is 0.182. The van der Waals surface area contributed by atoms with Gasteiger partial charge >= 0.3 is 5.97 Å². The van der Waals surface area contributed by atoms with Crippen molar-refractivity contribution < 1.29 is 29.0 Å². The lowest BCUT2D eigenvalue weighted by molar-refractivity contribution is -0.140. The normalized spacial score (nSPS) is 19.0. The number of aliphatic carboxylic acids is 1. The summed E-state index contributed by atoms with van der Waals surface area (Å²) in [4.78, 5) is 38.1. The number of carbonyl (C=O) groups is 3. The highest BCUT2D eigenvalue weighted by Crippen LogP contribution is 2.38. The van der Waals surface area contributed by atoms with Crippen molar-refractivity contribution in [3.63, 3.8) is 0 Å². The zero-order valence-electron chi connectivity index (χ0n) is 20.9. The van der Waals surface area contributed by atoms with Crippen LogP contribution in [0.1, 0.15) is 49.6 Å². The molecule has 39 heavy (non-hydrogen) atoms. The van der Waals surface area contributed by atoms with Crippen molar-refractivity contribution in [2.24, 2.45) is 0 Å². The van der Waals surface area contributed by atoms with E-state index in [-0.39, 0.29) is 22.9 Å². The van der Waals surface area contributed by atoms with Crippen LogP contribution in [0.4, 0.5) is 0 Å². The molecule has 2 unspecified atom stereocenters. The molecule has 2 amide bonds. The summed E-state index contributed by atoms with van der Waals surface area (Å²) in [5.74, 6) is -1.88. The van der Waals surface area contributed by atoms with E-state index in [9.17, 15) is 24.6 Å². The standard InChI is InChI=1S/C28H26ClN3O6S/c1-15-11-19(29)18(12-16(15)8-9-30-25(34)21-13-17-5-2-3-6-20(17)38-21)24(33)32-28(27(36)37)14-23(28)31-26(35)22-7-4-10-39-22/h2-7,10-13,23,25,30,34H,8-9,14H2,1H3,(H,31,35)(H,32,33)(H,36,37)/t23-,25?,28?/m1/s1. The highest BCUT2D eigenvalue weighted by Gasteiger charge is 2.63. The van der Waals surface area contributed by atoms with Crippen molar-refractivity contribution in [2.45, 2.75) is 37.6 Å². The first-order valence-corrected chi connectivity index (χ1v) is 13.5. The number of aliphatic hydroxyl groups excluding tert-OH is 1. The summed E-state index contributed by atoms with van der Waals surface area (Å²) in [5, 5.41) is 31.5. The summed E-state index contributed by atoms with van der Waals surface area (Å²) >= 11 is 7.61. The highest BCUT2D eigenvalue weighted by molar-refractivity contribution is 7.12. The summed E-state index contributed by atoms with van der Waals surface area (Å²) in [6.07, 6.45) is -0.491. The maximum atomic E-state index is 13.2. The molecule has 0 aliphatic heterocycles. The van der Waals surface area contributed by atoms with Gasteiger partial charge in [-0.25, -0.2) is 4.79 Å². The van der Waals surface area contributed by atoms with Gasteiger partial charge in [0.25, 0.3) is 11.8 Å². The average Bonchev–Trinajstić information content (AvgIpc) is 3.27. The van der Waals surface area contributed by atoms with Crippen molar-refractivity contribution in [1.29, 1.82) is 0 Å². The van der Waals surface area contributed by atoms with E-state index in [0.29, 0.717) is 29.2 Å². The highest BCUT2D eigenvalue weighted by atomic mass is 35.5. The summed E-state index contributed by atoms with van der Waals surface area (Å²) in [7, 11) is 0. The van der Waals surface area contributed by atoms with Gasteiger partial charge in [0.15, 0.2) is 11.8 Å². The van der Waals surface area contributed by atoms with Gasteiger partial charge in [-0.3, -0.25) is 14.9 Å². The minimum absolute atomic E-state index is 0.0606. The number of benzene rings is 2. The van der Waals surface area contributed by atoms with Crippen LogP contribution in [0.3, 0.4) is 0 Å². The van der Waals surface area contributed by atoms with Crippen LogP contribution in [0, 0.1) is 6.92 Å². The largest absolute Gasteiger partial charge is 0.479 e. The van der Waals surface area contributed by atoms with E-state index in [4.69, 9.17) is 16.0 Å². The fourth-order valence-electron chi connectivity index (χ4n) is 4.51. The molecule has 3 atom stereocenters. The van der Waals surface area contributed by atoms with Crippen LogP contribution in [-0.4, -0.2) is 46.1 Å². The Morgan fingerprint density at radius 3 is 2.67 bits per heavy atom. The number of rotatable bonds is 10. The van der Waals surface area contributed by atoms with E-state index in [1.807, 2.05) is 31.2 Å². The van der Waals surface area contributed by atoms with Gasteiger partial charge in [-0.15, -0.1) is 11.3 Å². The number of carboxylic acids is 1. The maximum Gasteiger partial charge on any atom is 0.331 e. The first-order valence-electron chi connectivity index (χ1n) is 12.3. The van der Waals surface area contributed by atoms with Crippen LogP contribution < -0.4 is 16.0 Å². The number of furan rings is 1. The molecule has 2 heterocycles. The molecule has 0 saturated heterocycles. The lowest BCUT2D eigenvalue weighted by atomic mass is 10.0. The van der Waals surface area contributed by atoms with Crippen molar-refractivity contribution in [3.05, 3.63) is 92.3 Å². The zero-order valence-corrected chi connectivity index (χ0v) is 22.4. The number of hydrogen-bond acceptors (Lipinski definition) is 7. The number of fused-ring (bicyclic) bond motifs is 1. The molecule has 2 aromatic carbocycles. The summed E-state index contributed by atoms with van der Waals surface area (Å²) in [5.41, 5.74) is 0.844. The van der Waals surface area contributed by atoms with E-state index in [1.165, 1.54) is 11.3 Å². The van der Waals surface area contributed by atoms with Crippen LogP contribution in [0.5, 0.6) is 0 Å². The molecule has 0 spiro atoms. The van der Waals surface area contributed by atoms with Gasteiger partial charge in [-0.05, 0) is 60.2 Å². The number of thiophene rings is 1. The van der Waals surface area contributed by atoms with Crippen LogP contribution in [0.25, 0.3) is 11.0 Å². The number of para-hydroxylation sites is 1. The predicted molar refractivity (Wildman–Crippen MR) is 147 cm³/mol. The Labute approximate surface area is 232 Å². The molecule has 5 N–H and O–H groups in total. The first-order chi connectivity index (χ1) is 18.7. The maximum absolute atomic E-state index is 13.2. The minimum Gasteiger partial charge on any atom is -0.479 e.